The van der Waals surface area contributed by atoms with Gasteiger partial charge >= 0.3 is 5.97 Å². The average Bonchev–Trinajstić information content (AvgIpc) is 3.15. The number of aliphatic carboxylic acids is 1. The predicted octanol–water partition coefficient (Wildman–Crippen LogP) is 2.51. The maximum Gasteiger partial charge on any atom is 0.328 e. The zero-order chi connectivity index (χ0) is 68.5. The Morgan fingerprint density at radius 1 is 0.443 bits per heavy atom. The molecule has 0 fully saturated rings. The van der Waals surface area contributed by atoms with E-state index in [0.29, 0.717) is 13.0 Å². The van der Waals surface area contributed by atoms with E-state index in [0.717, 1.165) is 9.80 Å². The van der Waals surface area contributed by atoms with Crippen molar-refractivity contribution in [2.24, 2.45) is 41.4 Å². The maximum absolute atomic E-state index is 14.8. The number of carbonyl (C=O) groups excluding carboxylic acids is 10. The summed E-state index contributed by atoms with van der Waals surface area (Å²) in [5, 5.41) is 47.9. The molecule has 0 aromatic rings. The lowest BCUT2D eigenvalue weighted by Gasteiger charge is -2.40. The highest BCUT2D eigenvalue weighted by Crippen LogP contribution is 2.24. The highest BCUT2D eigenvalue weighted by molar-refractivity contribution is 5.99. The second-order valence-corrected chi connectivity index (χ2v) is 26.3. The van der Waals surface area contributed by atoms with Crippen molar-refractivity contribution in [1.82, 2.24) is 56.4 Å². The van der Waals surface area contributed by atoms with Crippen molar-refractivity contribution in [3.05, 3.63) is 12.2 Å². The van der Waals surface area contributed by atoms with Crippen molar-refractivity contribution in [3.8, 4) is 0 Å². The zero-order valence-electron chi connectivity index (χ0n) is 57.3. The highest BCUT2D eigenvalue weighted by atomic mass is 16.4. The van der Waals surface area contributed by atoms with Gasteiger partial charge in [0, 0.05) is 35.2 Å². The molecule has 0 rings (SSSR count). The quantitative estimate of drug-likeness (QED) is 0.0400. The van der Waals surface area contributed by atoms with E-state index in [2.05, 4.69) is 31.9 Å². The molecule has 13 atom stereocenters. The van der Waals surface area contributed by atoms with E-state index >= 15 is 0 Å². The highest BCUT2D eigenvalue weighted by Gasteiger charge is 2.44. The van der Waals surface area contributed by atoms with Crippen LogP contribution in [0.4, 0.5) is 0 Å². The molecule has 0 unspecified atom stereocenters. The number of rotatable bonds is 39. The lowest BCUT2D eigenvalue weighted by Crippen LogP contribution is -2.63. The van der Waals surface area contributed by atoms with Crippen molar-refractivity contribution >= 4 is 65.0 Å². The molecule has 0 saturated carbocycles. The summed E-state index contributed by atoms with van der Waals surface area (Å²) in [6.45, 7) is 31.9. The molecular weight excluding hydrogens is 1130 g/mol. The van der Waals surface area contributed by atoms with Crippen LogP contribution in [-0.4, -0.2) is 226 Å². The van der Waals surface area contributed by atoms with Crippen molar-refractivity contribution < 1.29 is 68.1 Å². The van der Waals surface area contributed by atoms with Crippen molar-refractivity contribution in [2.75, 3.05) is 48.3 Å². The van der Waals surface area contributed by atoms with E-state index in [1.165, 1.54) is 63.7 Å². The number of hydrogen-bond donors (Lipinski definition) is 9. The first-order valence-electron chi connectivity index (χ1n) is 31.4. The second-order valence-electron chi connectivity index (χ2n) is 26.3. The summed E-state index contributed by atoms with van der Waals surface area (Å²) in [7, 11) is 7.04. The Labute approximate surface area is 525 Å². The minimum Gasteiger partial charge on any atom is -0.480 e. The van der Waals surface area contributed by atoms with Gasteiger partial charge in [-0.05, 0) is 114 Å². The Hall–Kier alpha value is -6.21. The zero-order valence-corrected chi connectivity index (χ0v) is 57.3. The molecule has 0 bridgehead atoms. The van der Waals surface area contributed by atoms with Gasteiger partial charge < -0.3 is 71.7 Å². The molecule has 10 amide bonds. The van der Waals surface area contributed by atoms with Gasteiger partial charge in [0.1, 0.15) is 54.4 Å². The molecule has 0 heterocycles. The lowest BCUT2D eigenvalue weighted by molar-refractivity contribution is -0.155. The molecule has 0 saturated heterocycles. The number of nitrogens with zero attached hydrogens (tertiary/aromatic N) is 5. The number of carbonyl (C=O) groups is 11. The maximum atomic E-state index is 14.8. The van der Waals surface area contributed by atoms with Gasteiger partial charge in [-0.1, -0.05) is 109 Å². The Morgan fingerprint density at radius 2 is 0.830 bits per heavy atom. The fourth-order valence-corrected chi connectivity index (χ4v) is 10.4. The van der Waals surface area contributed by atoms with Crippen LogP contribution in [-0.2, 0) is 52.7 Å². The lowest BCUT2D eigenvalue weighted by atomic mass is 9.91. The monoisotopic (exact) mass is 1250 g/mol. The third kappa shape index (κ3) is 26.1. The number of allylic oxidation sites excluding steroid dienone is 2. The number of hydrogen-bond acceptors (Lipinski definition) is 14. The summed E-state index contributed by atoms with van der Waals surface area (Å²) in [6.07, 6.45) is 1.64. The number of carboxylic acids is 1. The molecule has 0 aromatic heterocycles. The summed E-state index contributed by atoms with van der Waals surface area (Å²) in [5.74, 6) is -9.97. The van der Waals surface area contributed by atoms with E-state index < -0.39 is 144 Å². The van der Waals surface area contributed by atoms with Gasteiger partial charge in [-0.2, -0.15) is 0 Å². The first-order valence-corrected chi connectivity index (χ1v) is 31.4. The third-order valence-corrected chi connectivity index (χ3v) is 15.5. The molecule has 506 valence electrons. The van der Waals surface area contributed by atoms with Crippen LogP contribution in [0, 0.1) is 41.4 Å². The van der Waals surface area contributed by atoms with Crippen LogP contribution in [0.1, 0.15) is 163 Å². The Balaban J connectivity index is 6.84. The van der Waals surface area contributed by atoms with Crippen LogP contribution in [0.3, 0.4) is 0 Å². The van der Waals surface area contributed by atoms with Crippen molar-refractivity contribution in [3.63, 3.8) is 0 Å². The Kier molecular flexibility index (Phi) is 36.3. The van der Waals surface area contributed by atoms with E-state index in [1.54, 1.807) is 46.9 Å². The summed E-state index contributed by atoms with van der Waals surface area (Å²) >= 11 is 0. The number of carboxylic acid groups (broad SMARTS) is 1. The molecule has 0 aliphatic carbocycles. The molecule has 0 spiro atoms. The van der Waals surface area contributed by atoms with Crippen LogP contribution < -0.4 is 31.9 Å². The van der Waals surface area contributed by atoms with Crippen LogP contribution in [0.15, 0.2) is 12.2 Å². The normalized spacial score (nSPS) is 16.3. The number of aliphatic hydroxyl groups is 2. The molecule has 88 heavy (non-hydrogen) atoms. The molecule has 9 N–H and O–H groups in total. The SMILES string of the molecule is CC=CC[C@@H](C)[C@@H](O)[C@@H](C(=O)N[C@H](C(=O)O)[C@@H](C)O)N(C)C(=O)[C@H](C(C)C)N(C)C(=O)[C@H](CC(C)C)NC(=O)[C@H](CC(C)C)N(C)C(=O)[C@@H](C)NC(=O)[C@H](C)NC(=O)[C@H](CC(C)C)N(C)C(=O)[C@H](CC(C)C)NC(=O)[C@H](CC(C)C)N(C)C(=O)CNCC. The number of amides is 10. The van der Waals surface area contributed by atoms with Gasteiger partial charge in [0.2, 0.25) is 59.1 Å². The van der Waals surface area contributed by atoms with Crippen molar-refractivity contribution in [2.45, 2.75) is 236 Å². The summed E-state index contributed by atoms with van der Waals surface area (Å²) in [6, 6.07) is -12.7. The van der Waals surface area contributed by atoms with Crippen LogP contribution >= 0.6 is 0 Å². The second kappa shape index (κ2) is 39.0. The fourth-order valence-electron chi connectivity index (χ4n) is 10.4. The number of likely N-dealkylation sites (N-methyl/N-ethyl adjacent to an activating group) is 6. The van der Waals surface area contributed by atoms with Gasteiger partial charge in [0.05, 0.1) is 18.8 Å². The largest absolute Gasteiger partial charge is 0.480 e. The molecule has 25 nitrogen and oxygen atoms in total. The van der Waals surface area contributed by atoms with E-state index in [9.17, 15) is 68.1 Å². The predicted molar refractivity (Wildman–Crippen MR) is 338 cm³/mol. The van der Waals surface area contributed by atoms with E-state index in [4.69, 9.17) is 0 Å². The topological polar surface area (TPSA) is 337 Å². The number of nitrogens with one attached hydrogen (secondary N) is 6. The first-order chi connectivity index (χ1) is 40.6. The Morgan fingerprint density at radius 3 is 1.22 bits per heavy atom. The summed E-state index contributed by atoms with van der Waals surface area (Å²) in [5.41, 5.74) is 0. The van der Waals surface area contributed by atoms with Gasteiger partial charge in [-0.3, -0.25) is 47.9 Å². The van der Waals surface area contributed by atoms with Crippen LogP contribution in [0.25, 0.3) is 0 Å². The fraction of sp³-hybridized carbons (Fsp3) is 0.794. The summed E-state index contributed by atoms with van der Waals surface area (Å²) < 4.78 is 0. The van der Waals surface area contributed by atoms with E-state index in [-0.39, 0.29) is 74.1 Å². The van der Waals surface area contributed by atoms with Gasteiger partial charge in [0.25, 0.3) is 0 Å². The summed E-state index contributed by atoms with van der Waals surface area (Å²) in [4.78, 5) is 160. The van der Waals surface area contributed by atoms with Crippen LogP contribution in [0.2, 0.25) is 0 Å². The minimum atomic E-state index is -1.78. The average molecular weight is 1250 g/mol. The Bertz CT molecular complexity index is 2330. The molecule has 0 aromatic carbocycles. The van der Waals surface area contributed by atoms with E-state index in [1.807, 2.05) is 76.2 Å². The standard InChI is InChI=1S/C63H115N11O14/c1-24-26-27-40(15)53(77)52(58(82)69-50(43(18)75)63(87)88)74(23)62(86)51(39(13)14)73(22)61(85)45(29-35(5)6)68-57(81)48(32-38(11)12)71(20)59(83)42(17)66-54(78)41(16)65-55(79)47(31-37(9)10)72(21)60(84)44(28-34(3)4)67-56(80)46(30-36(7)8)70(19)49(76)33-64-25-2/h24,26,34-48,50-53,64,75,77H,25,27-33H2,1-23H3,(H,65,79)(H,66,78)(H,67,80)(H,68,81)(H,69,82)(H,87,88)/t40-,41+,42-,43-,44+,45+,46+,47+,48+,50+,51+,52+,53-/m1/s1. The third-order valence-electron chi connectivity index (χ3n) is 15.5. The van der Waals surface area contributed by atoms with Gasteiger partial charge in [0.15, 0.2) is 6.04 Å². The number of aliphatic hydroxyl groups excluding tert-OH is 2. The molecule has 0 aliphatic heterocycles. The molecule has 0 aliphatic rings. The molecular formula is C63H115N11O14. The van der Waals surface area contributed by atoms with Crippen molar-refractivity contribution in [1.29, 1.82) is 0 Å². The van der Waals surface area contributed by atoms with Gasteiger partial charge in [-0.25, -0.2) is 4.79 Å². The first kappa shape index (κ1) is 81.8. The minimum absolute atomic E-state index is 0.0292. The smallest absolute Gasteiger partial charge is 0.328 e. The van der Waals surface area contributed by atoms with Gasteiger partial charge in [-0.15, -0.1) is 0 Å². The molecule has 25 heteroatoms. The molecule has 0 radical (unpaired) electrons. The van der Waals surface area contributed by atoms with Crippen LogP contribution in [0.5, 0.6) is 0 Å².